The van der Waals surface area contributed by atoms with Gasteiger partial charge in [-0.3, -0.25) is 9.78 Å². The molecule has 7 heteroatoms. The molecule has 0 fully saturated rings. The molecule has 0 atom stereocenters. The summed E-state index contributed by atoms with van der Waals surface area (Å²) < 4.78 is 4.81. The number of hydrogen-bond acceptors (Lipinski definition) is 5. The molecule has 2 aromatic heterocycles. The molecule has 1 amide bonds. The molecular weight excluding hydrogens is 262 g/mol. The average molecular weight is 273 g/mol. The maximum Gasteiger partial charge on any atom is 0.375 e. The summed E-state index contributed by atoms with van der Waals surface area (Å²) in [5.74, 6) is -1.54. The Morgan fingerprint density at radius 3 is 2.95 bits per heavy atom. The average Bonchev–Trinajstić information content (AvgIpc) is 2.90. The van der Waals surface area contributed by atoms with Gasteiger partial charge in [-0.25, -0.2) is 4.79 Å². The zero-order valence-electron chi connectivity index (χ0n) is 10.4. The predicted octanol–water partition coefficient (Wildman–Crippen LogP) is 0.966. The van der Waals surface area contributed by atoms with Crippen LogP contribution in [0.4, 0.5) is 0 Å². The van der Waals surface area contributed by atoms with Crippen LogP contribution >= 0.6 is 0 Å². The number of aromatic carboxylic acids is 1. The first-order valence-electron chi connectivity index (χ1n) is 6.07. The van der Waals surface area contributed by atoms with Crippen molar-refractivity contribution in [2.24, 2.45) is 0 Å². The van der Waals surface area contributed by atoms with Crippen molar-refractivity contribution in [3.63, 3.8) is 0 Å². The summed E-state index contributed by atoms with van der Waals surface area (Å²) in [6.45, 7) is 0.667. The van der Waals surface area contributed by atoms with Gasteiger partial charge in [0.05, 0.1) is 17.8 Å². The van der Waals surface area contributed by atoms with E-state index >= 15 is 0 Å². The summed E-state index contributed by atoms with van der Waals surface area (Å²) in [4.78, 5) is 28.8. The van der Waals surface area contributed by atoms with E-state index in [-0.39, 0.29) is 18.2 Å². The van der Waals surface area contributed by atoms with Crippen LogP contribution < -0.4 is 0 Å². The van der Waals surface area contributed by atoms with Gasteiger partial charge in [0, 0.05) is 30.9 Å². The summed E-state index contributed by atoms with van der Waals surface area (Å²) in [5.41, 5.74) is 1.56. The number of carbonyl (C=O) groups excluding carboxylic acids is 1. The van der Waals surface area contributed by atoms with Crippen molar-refractivity contribution in [2.45, 2.75) is 13.0 Å². The Balaban J connectivity index is 1.87. The van der Waals surface area contributed by atoms with E-state index in [0.717, 1.165) is 0 Å². The van der Waals surface area contributed by atoms with Crippen LogP contribution in [-0.4, -0.2) is 38.6 Å². The molecule has 0 aliphatic carbocycles. The van der Waals surface area contributed by atoms with Gasteiger partial charge in [-0.2, -0.15) is 0 Å². The molecule has 102 valence electrons. The van der Waals surface area contributed by atoms with Crippen LogP contribution in [0.1, 0.15) is 32.2 Å². The third kappa shape index (κ3) is 2.03. The summed E-state index contributed by atoms with van der Waals surface area (Å²) >= 11 is 0. The Kier molecular flexibility index (Phi) is 2.94. The number of pyridine rings is 1. The molecule has 3 rings (SSSR count). The Morgan fingerprint density at radius 1 is 1.40 bits per heavy atom. The number of carbonyl (C=O) groups is 2. The van der Waals surface area contributed by atoms with Gasteiger partial charge in [-0.1, -0.05) is 5.16 Å². The Bertz CT molecular complexity index is 666. The van der Waals surface area contributed by atoms with E-state index in [0.29, 0.717) is 29.8 Å². The van der Waals surface area contributed by atoms with Crippen LogP contribution in [0.3, 0.4) is 0 Å². The monoisotopic (exact) mass is 273 g/mol. The highest BCUT2D eigenvalue weighted by atomic mass is 16.5. The normalized spacial score (nSPS) is 13.9. The molecule has 0 saturated heterocycles. The van der Waals surface area contributed by atoms with Crippen molar-refractivity contribution in [3.8, 4) is 0 Å². The van der Waals surface area contributed by atoms with Crippen molar-refractivity contribution in [1.82, 2.24) is 15.0 Å². The molecule has 0 bridgehead atoms. The van der Waals surface area contributed by atoms with Gasteiger partial charge in [0.15, 0.2) is 0 Å². The quantitative estimate of drug-likeness (QED) is 0.875. The minimum Gasteiger partial charge on any atom is -0.475 e. The predicted molar refractivity (Wildman–Crippen MR) is 66.1 cm³/mol. The molecule has 1 aliphatic heterocycles. The summed E-state index contributed by atoms with van der Waals surface area (Å²) in [6, 6.07) is 3.36. The molecule has 0 unspecified atom stereocenters. The maximum absolute atomic E-state index is 12.3. The number of nitrogens with zero attached hydrogens (tertiary/aromatic N) is 3. The molecular formula is C13H11N3O4. The third-order valence-corrected chi connectivity index (χ3v) is 3.23. The minimum atomic E-state index is -1.17. The van der Waals surface area contributed by atoms with E-state index in [9.17, 15) is 9.59 Å². The fourth-order valence-corrected chi connectivity index (χ4v) is 2.23. The highest BCUT2D eigenvalue weighted by molar-refractivity contribution is 5.94. The topological polar surface area (TPSA) is 96.5 Å². The van der Waals surface area contributed by atoms with Gasteiger partial charge in [0.1, 0.15) is 0 Å². The van der Waals surface area contributed by atoms with E-state index in [2.05, 4.69) is 10.1 Å². The standard InChI is InChI=1S/C13H11N3O4/c17-12(8-2-1-4-14-6-8)16-5-3-10-9(7-16)11(13(18)19)20-15-10/h1-2,4,6H,3,5,7H2,(H,18,19). The van der Waals surface area contributed by atoms with Gasteiger partial charge < -0.3 is 14.5 Å². The van der Waals surface area contributed by atoms with Crippen molar-refractivity contribution < 1.29 is 19.2 Å². The molecule has 20 heavy (non-hydrogen) atoms. The van der Waals surface area contributed by atoms with Gasteiger partial charge in [-0.05, 0) is 12.1 Å². The summed E-state index contributed by atoms with van der Waals surface area (Å²) in [7, 11) is 0. The van der Waals surface area contributed by atoms with Crippen LogP contribution in [0, 0.1) is 0 Å². The van der Waals surface area contributed by atoms with Crippen LogP contribution in [-0.2, 0) is 13.0 Å². The van der Waals surface area contributed by atoms with E-state index in [1.165, 1.54) is 6.20 Å². The fraction of sp³-hybridized carbons (Fsp3) is 0.231. The second kappa shape index (κ2) is 4.76. The smallest absolute Gasteiger partial charge is 0.375 e. The van der Waals surface area contributed by atoms with Crippen molar-refractivity contribution >= 4 is 11.9 Å². The molecule has 0 saturated carbocycles. The van der Waals surface area contributed by atoms with Crippen molar-refractivity contribution in [2.75, 3.05) is 6.54 Å². The molecule has 7 nitrogen and oxygen atoms in total. The van der Waals surface area contributed by atoms with E-state index in [1.54, 1.807) is 23.2 Å². The lowest BCUT2D eigenvalue weighted by Crippen LogP contribution is -2.36. The highest BCUT2D eigenvalue weighted by Crippen LogP contribution is 2.23. The van der Waals surface area contributed by atoms with Gasteiger partial charge in [0.2, 0.25) is 5.76 Å². The molecule has 2 aromatic rings. The fourth-order valence-electron chi connectivity index (χ4n) is 2.23. The van der Waals surface area contributed by atoms with E-state index in [4.69, 9.17) is 9.63 Å². The minimum absolute atomic E-state index is 0.179. The number of aromatic nitrogens is 2. The molecule has 0 spiro atoms. The summed E-state index contributed by atoms with van der Waals surface area (Å²) in [5, 5.41) is 12.8. The van der Waals surface area contributed by atoms with Gasteiger partial charge >= 0.3 is 5.97 Å². The lowest BCUT2D eigenvalue weighted by atomic mass is 10.0. The molecule has 3 heterocycles. The zero-order valence-corrected chi connectivity index (χ0v) is 10.4. The number of amides is 1. The second-order valence-electron chi connectivity index (χ2n) is 4.46. The van der Waals surface area contributed by atoms with Crippen LogP contribution in [0.15, 0.2) is 29.0 Å². The number of rotatable bonds is 2. The zero-order chi connectivity index (χ0) is 14.1. The van der Waals surface area contributed by atoms with E-state index < -0.39 is 5.97 Å². The van der Waals surface area contributed by atoms with Gasteiger partial charge in [0.25, 0.3) is 5.91 Å². The van der Waals surface area contributed by atoms with Crippen molar-refractivity contribution in [3.05, 3.63) is 47.1 Å². The van der Waals surface area contributed by atoms with Crippen LogP contribution in [0.2, 0.25) is 0 Å². The lowest BCUT2D eigenvalue weighted by molar-refractivity contribution is 0.0641. The van der Waals surface area contributed by atoms with Crippen LogP contribution in [0.5, 0.6) is 0 Å². The van der Waals surface area contributed by atoms with E-state index in [1.807, 2.05) is 0 Å². The maximum atomic E-state index is 12.3. The first-order valence-corrected chi connectivity index (χ1v) is 6.07. The molecule has 0 radical (unpaired) electrons. The Labute approximate surface area is 113 Å². The first-order chi connectivity index (χ1) is 9.66. The SMILES string of the molecule is O=C(O)c1onc2c1CN(C(=O)c1cccnc1)CC2. The van der Waals surface area contributed by atoms with Crippen molar-refractivity contribution in [1.29, 1.82) is 0 Å². The molecule has 1 N–H and O–H groups in total. The first kappa shape index (κ1) is 12.3. The third-order valence-electron chi connectivity index (χ3n) is 3.23. The van der Waals surface area contributed by atoms with Gasteiger partial charge in [-0.15, -0.1) is 0 Å². The number of fused-ring (bicyclic) bond motifs is 1. The largest absolute Gasteiger partial charge is 0.475 e. The molecule has 0 aromatic carbocycles. The second-order valence-corrected chi connectivity index (χ2v) is 4.46. The number of hydrogen-bond donors (Lipinski definition) is 1. The lowest BCUT2D eigenvalue weighted by Gasteiger charge is -2.26. The summed E-state index contributed by atoms with van der Waals surface area (Å²) in [6.07, 6.45) is 3.56. The van der Waals surface area contributed by atoms with Crippen LogP contribution in [0.25, 0.3) is 0 Å². The number of carboxylic acids is 1. The molecule has 1 aliphatic rings. The highest BCUT2D eigenvalue weighted by Gasteiger charge is 2.29. The Morgan fingerprint density at radius 2 is 2.25 bits per heavy atom. The Hall–Kier alpha value is -2.70. The number of carboxylic acid groups (broad SMARTS) is 1.